The van der Waals surface area contributed by atoms with Crippen LogP contribution in [0.1, 0.15) is 22.3 Å². The number of methoxy groups -OCH3 is 1. The van der Waals surface area contributed by atoms with E-state index in [4.69, 9.17) is 32.7 Å². The van der Waals surface area contributed by atoms with Crippen molar-refractivity contribution in [2.75, 3.05) is 13.7 Å². The van der Waals surface area contributed by atoms with Crippen LogP contribution in [0.5, 0.6) is 11.5 Å². The van der Waals surface area contributed by atoms with Crippen molar-refractivity contribution < 1.29 is 9.47 Å². The smallest absolute Gasteiger partial charge is 0.166 e. The summed E-state index contributed by atoms with van der Waals surface area (Å²) in [7, 11) is 1.66. The monoisotopic (exact) mass is 465 g/mol. The second-order valence-electron chi connectivity index (χ2n) is 6.89. The molecule has 0 saturated carbocycles. The number of halogens is 3. The first-order chi connectivity index (χ1) is 14.1. The van der Waals surface area contributed by atoms with E-state index in [-0.39, 0.29) is 12.4 Å². The van der Waals surface area contributed by atoms with Crippen LogP contribution in [0.25, 0.3) is 0 Å². The molecule has 0 aliphatic heterocycles. The van der Waals surface area contributed by atoms with Gasteiger partial charge in [-0.05, 0) is 49.2 Å². The molecular weight excluding hydrogens is 441 g/mol. The third-order valence-electron chi connectivity index (χ3n) is 4.69. The van der Waals surface area contributed by atoms with Crippen LogP contribution in [-0.2, 0) is 19.6 Å². The first-order valence-corrected chi connectivity index (χ1v) is 10.3. The highest BCUT2D eigenvalue weighted by atomic mass is 35.5. The predicted octanol–water partition coefficient (Wildman–Crippen LogP) is 6.64. The van der Waals surface area contributed by atoms with Crippen molar-refractivity contribution in [2.24, 2.45) is 0 Å². The Morgan fingerprint density at radius 2 is 1.70 bits per heavy atom. The fraction of sp³-hybridized carbons (Fsp3) is 0.250. The Balaban J connectivity index is 0.00000320. The van der Waals surface area contributed by atoms with Gasteiger partial charge in [0.25, 0.3) is 0 Å². The highest BCUT2D eigenvalue weighted by Crippen LogP contribution is 2.32. The number of hydrogen-bond acceptors (Lipinski definition) is 3. The van der Waals surface area contributed by atoms with Crippen molar-refractivity contribution in [2.45, 2.75) is 26.5 Å². The largest absolute Gasteiger partial charge is 0.493 e. The topological polar surface area (TPSA) is 30.5 Å². The molecule has 0 radical (unpaired) electrons. The van der Waals surface area contributed by atoms with Crippen LogP contribution in [0.4, 0.5) is 0 Å². The van der Waals surface area contributed by atoms with Gasteiger partial charge in [0.2, 0.25) is 0 Å². The average Bonchev–Trinajstić information content (AvgIpc) is 2.72. The summed E-state index contributed by atoms with van der Waals surface area (Å²) in [6.07, 6.45) is 0.819. The Bertz CT molecular complexity index is 946. The number of hydrogen-bond donors (Lipinski definition) is 1. The number of para-hydroxylation sites is 1. The van der Waals surface area contributed by atoms with Crippen molar-refractivity contribution in [1.82, 2.24) is 5.32 Å². The molecule has 0 heterocycles. The van der Waals surface area contributed by atoms with Gasteiger partial charge in [-0.3, -0.25) is 0 Å². The third kappa shape index (κ3) is 6.82. The second kappa shape index (κ2) is 12.1. The molecule has 160 valence electrons. The van der Waals surface area contributed by atoms with E-state index in [9.17, 15) is 0 Å². The molecule has 30 heavy (non-hydrogen) atoms. The minimum atomic E-state index is 0. The van der Waals surface area contributed by atoms with Gasteiger partial charge in [0.1, 0.15) is 6.61 Å². The fourth-order valence-corrected chi connectivity index (χ4v) is 3.54. The lowest BCUT2D eigenvalue weighted by atomic mass is 10.1. The lowest BCUT2D eigenvalue weighted by molar-refractivity contribution is 0.280. The zero-order chi connectivity index (χ0) is 20.6. The highest BCUT2D eigenvalue weighted by molar-refractivity contribution is 6.35. The minimum absolute atomic E-state index is 0. The molecule has 0 fully saturated rings. The summed E-state index contributed by atoms with van der Waals surface area (Å²) < 4.78 is 11.6. The average molecular weight is 467 g/mol. The molecule has 0 spiro atoms. The Hall–Kier alpha value is -1.91. The Kier molecular flexibility index (Phi) is 9.80. The standard InChI is InChI=1S/C24H25Cl2NO2.ClH/c1-17-6-8-18(9-7-17)16-29-24-20(4-3-5-23(24)28-2)15-27-13-12-19-10-11-21(25)14-22(19)26;/h3-11,14,27H,12-13,15-16H2,1-2H3;1H. The Labute approximate surface area is 194 Å². The van der Waals surface area contributed by atoms with Crippen LogP contribution in [0.3, 0.4) is 0 Å². The number of benzene rings is 3. The van der Waals surface area contributed by atoms with Gasteiger partial charge in [-0.25, -0.2) is 0 Å². The van der Waals surface area contributed by atoms with Crippen LogP contribution in [-0.4, -0.2) is 13.7 Å². The van der Waals surface area contributed by atoms with Gasteiger partial charge in [0, 0.05) is 22.2 Å². The molecule has 0 aliphatic carbocycles. The van der Waals surface area contributed by atoms with Gasteiger partial charge >= 0.3 is 0 Å². The fourth-order valence-electron chi connectivity index (χ4n) is 3.04. The van der Waals surface area contributed by atoms with E-state index in [2.05, 4.69) is 42.6 Å². The quantitative estimate of drug-likeness (QED) is 0.358. The maximum atomic E-state index is 6.25. The van der Waals surface area contributed by atoms with Gasteiger partial charge in [-0.15, -0.1) is 12.4 Å². The molecule has 0 saturated heterocycles. The van der Waals surface area contributed by atoms with Crippen LogP contribution < -0.4 is 14.8 Å². The Morgan fingerprint density at radius 1 is 0.933 bits per heavy atom. The lowest BCUT2D eigenvalue weighted by Gasteiger charge is -2.16. The third-order valence-corrected chi connectivity index (χ3v) is 5.27. The summed E-state index contributed by atoms with van der Waals surface area (Å²) in [6.45, 7) is 4.03. The number of ether oxygens (including phenoxy) is 2. The van der Waals surface area contributed by atoms with Crippen molar-refractivity contribution in [1.29, 1.82) is 0 Å². The van der Waals surface area contributed by atoms with Crippen molar-refractivity contribution in [3.05, 3.63) is 93.0 Å². The molecule has 0 atom stereocenters. The molecule has 0 unspecified atom stereocenters. The second-order valence-corrected chi connectivity index (χ2v) is 7.73. The number of aryl methyl sites for hydroxylation is 1. The van der Waals surface area contributed by atoms with Gasteiger partial charge in [-0.2, -0.15) is 0 Å². The van der Waals surface area contributed by atoms with Crippen LogP contribution in [0.15, 0.2) is 60.7 Å². The van der Waals surface area contributed by atoms with E-state index in [0.29, 0.717) is 23.2 Å². The SMILES string of the molecule is COc1cccc(CNCCc2ccc(Cl)cc2Cl)c1OCc1ccc(C)cc1.Cl. The summed E-state index contributed by atoms with van der Waals surface area (Å²) in [5.41, 5.74) is 4.48. The maximum absolute atomic E-state index is 6.25. The maximum Gasteiger partial charge on any atom is 0.166 e. The molecule has 1 N–H and O–H groups in total. The van der Waals surface area contributed by atoms with Crippen LogP contribution in [0, 0.1) is 6.92 Å². The summed E-state index contributed by atoms with van der Waals surface area (Å²) in [6, 6.07) is 19.9. The highest BCUT2D eigenvalue weighted by Gasteiger charge is 2.11. The van der Waals surface area contributed by atoms with E-state index in [1.165, 1.54) is 5.56 Å². The Morgan fingerprint density at radius 3 is 2.40 bits per heavy atom. The molecule has 3 aromatic rings. The summed E-state index contributed by atoms with van der Waals surface area (Å²) in [5.74, 6) is 1.50. The molecule has 3 aromatic carbocycles. The van der Waals surface area contributed by atoms with Crippen molar-refractivity contribution >= 4 is 35.6 Å². The summed E-state index contributed by atoms with van der Waals surface area (Å²) in [4.78, 5) is 0. The molecule has 3 rings (SSSR count). The first-order valence-electron chi connectivity index (χ1n) is 9.55. The van der Waals surface area contributed by atoms with Crippen LogP contribution >= 0.6 is 35.6 Å². The summed E-state index contributed by atoms with van der Waals surface area (Å²) >= 11 is 12.2. The summed E-state index contributed by atoms with van der Waals surface area (Å²) in [5, 5.41) is 4.81. The molecule has 0 aromatic heterocycles. The van der Waals surface area contributed by atoms with E-state index >= 15 is 0 Å². The van der Waals surface area contributed by atoms with Gasteiger partial charge in [0.05, 0.1) is 7.11 Å². The van der Waals surface area contributed by atoms with E-state index in [0.717, 1.165) is 41.2 Å². The molecule has 3 nitrogen and oxygen atoms in total. The molecule has 0 aliphatic rings. The molecule has 6 heteroatoms. The van der Waals surface area contributed by atoms with Crippen molar-refractivity contribution in [3.63, 3.8) is 0 Å². The van der Waals surface area contributed by atoms with E-state index in [1.807, 2.05) is 24.3 Å². The van der Waals surface area contributed by atoms with Crippen LogP contribution in [0.2, 0.25) is 10.0 Å². The minimum Gasteiger partial charge on any atom is -0.493 e. The van der Waals surface area contributed by atoms with E-state index < -0.39 is 0 Å². The van der Waals surface area contributed by atoms with Gasteiger partial charge in [0.15, 0.2) is 11.5 Å². The van der Waals surface area contributed by atoms with Gasteiger partial charge < -0.3 is 14.8 Å². The molecular formula is C24H26Cl3NO2. The molecule has 0 bridgehead atoms. The zero-order valence-corrected chi connectivity index (χ0v) is 19.4. The normalized spacial score (nSPS) is 10.4. The number of rotatable bonds is 9. The van der Waals surface area contributed by atoms with E-state index in [1.54, 1.807) is 13.2 Å². The predicted molar refractivity (Wildman–Crippen MR) is 128 cm³/mol. The van der Waals surface area contributed by atoms with Gasteiger partial charge in [-0.1, -0.05) is 71.2 Å². The molecule has 0 amide bonds. The number of nitrogens with one attached hydrogen (secondary N) is 1. The lowest BCUT2D eigenvalue weighted by Crippen LogP contribution is -2.17. The zero-order valence-electron chi connectivity index (χ0n) is 17.1. The van der Waals surface area contributed by atoms with Crippen molar-refractivity contribution in [3.8, 4) is 11.5 Å². The first kappa shape index (κ1) is 24.4.